The summed E-state index contributed by atoms with van der Waals surface area (Å²) in [6.45, 7) is 4.37. The third kappa shape index (κ3) is 2.50. The second-order valence-electron chi connectivity index (χ2n) is 5.12. The van der Waals surface area contributed by atoms with Gasteiger partial charge in [-0.2, -0.15) is 0 Å². The van der Waals surface area contributed by atoms with Crippen LogP contribution in [0, 0.1) is 11.7 Å². The van der Waals surface area contributed by atoms with Crippen molar-refractivity contribution in [1.82, 2.24) is 10.2 Å². The molecule has 0 unspecified atom stereocenters. The van der Waals surface area contributed by atoms with E-state index in [-0.39, 0.29) is 5.82 Å². The molecule has 1 aliphatic carbocycles. The molecule has 1 saturated heterocycles. The molecule has 2 nitrogen and oxygen atoms in total. The van der Waals surface area contributed by atoms with E-state index in [0.29, 0.717) is 6.04 Å². The molecule has 1 atom stereocenters. The van der Waals surface area contributed by atoms with E-state index in [0.717, 1.165) is 32.1 Å². The summed E-state index contributed by atoms with van der Waals surface area (Å²) < 4.78 is 13.0. The smallest absolute Gasteiger partial charge is 0.123 e. The largest absolute Gasteiger partial charge is 0.314 e. The minimum atomic E-state index is -0.136. The van der Waals surface area contributed by atoms with E-state index < -0.39 is 0 Å². The van der Waals surface area contributed by atoms with Crippen LogP contribution in [0.2, 0.25) is 0 Å². The van der Waals surface area contributed by atoms with E-state index in [1.165, 1.54) is 18.4 Å². The lowest BCUT2D eigenvalue weighted by molar-refractivity contribution is 0.156. The first-order valence-corrected chi connectivity index (χ1v) is 6.55. The fourth-order valence-corrected chi connectivity index (χ4v) is 2.81. The normalized spacial score (nSPS) is 23.6. The first-order valence-electron chi connectivity index (χ1n) is 6.55. The van der Waals surface area contributed by atoms with Crippen LogP contribution in [0.15, 0.2) is 24.3 Å². The summed E-state index contributed by atoms with van der Waals surface area (Å²) in [5.41, 5.74) is 1.29. The number of halogens is 1. The van der Waals surface area contributed by atoms with Crippen molar-refractivity contribution in [3.8, 4) is 0 Å². The van der Waals surface area contributed by atoms with Crippen LogP contribution in [0.3, 0.4) is 0 Å². The van der Waals surface area contributed by atoms with Crippen molar-refractivity contribution < 1.29 is 4.39 Å². The first-order chi connectivity index (χ1) is 8.34. The second-order valence-corrected chi connectivity index (χ2v) is 5.12. The topological polar surface area (TPSA) is 15.3 Å². The second kappa shape index (κ2) is 4.75. The predicted octanol–water partition coefficient (Wildman–Crippen LogP) is 2.18. The molecule has 1 N–H and O–H groups in total. The van der Waals surface area contributed by atoms with Gasteiger partial charge in [0.2, 0.25) is 0 Å². The highest BCUT2D eigenvalue weighted by Gasteiger charge is 2.36. The highest BCUT2D eigenvalue weighted by molar-refractivity contribution is 5.22. The van der Waals surface area contributed by atoms with Crippen molar-refractivity contribution in [2.75, 3.05) is 26.2 Å². The van der Waals surface area contributed by atoms with Crippen molar-refractivity contribution in [1.29, 1.82) is 0 Å². The first kappa shape index (κ1) is 11.2. The minimum absolute atomic E-state index is 0.136. The van der Waals surface area contributed by atoms with E-state index in [1.54, 1.807) is 12.1 Å². The molecule has 0 bridgehead atoms. The van der Waals surface area contributed by atoms with Gasteiger partial charge >= 0.3 is 0 Å². The van der Waals surface area contributed by atoms with Crippen LogP contribution < -0.4 is 5.32 Å². The number of nitrogens with zero attached hydrogens (tertiary/aromatic N) is 1. The lowest BCUT2D eigenvalue weighted by Gasteiger charge is -2.35. The molecule has 1 heterocycles. The Morgan fingerprint density at radius 2 is 1.76 bits per heavy atom. The minimum Gasteiger partial charge on any atom is -0.314 e. The zero-order valence-corrected chi connectivity index (χ0v) is 10.0. The molecule has 1 aromatic rings. The Hall–Kier alpha value is -0.930. The fraction of sp³-hybridized carbons (Fsp3) is 0.571. The van der Waals surface area contributed by atoms with Crippen LogP contribution in [-0.2, 0) is 0 Å². The van der Waals surface area contributed by atoms with Crippen LogP contribution >= 0.6 is 0 Å². The molecule has 2 fully saturated rings. The molecule has 92 valence electrons. The van der Waals surface area contributed by atoms with Gasteiger partial charge in [0.25, 0.3) is 0 Å². The van der Waals surface area contributed by atoms with Crippen LogP contribution in [-0.4, -0.2) is 31.1 Å². The van der Waals surface area contributed by atoms with E-state index in [4.69, 9.17) is 0 Å². The molecule has 1 aromatic carbocycles. The molecule has 1 saturated carbocycles. The summed E-state index contributed by atoms with van der Waals surface area (Å²) in [6.07, 6.45) is 2.65. The van der Waals surface area contributed by atoms with Crippen molar-refractivity contribution in [3.05, 3.63) is 35.6 Å². The molecule has 0 amide bonds. The van der Waals surface area contributed by atoms with Gasteiger partial charge in [-0.05, 0) is 36.5 Å². The molecule has 0 spiro atoms. The van der Waals surface area contributed by atoms with Crippen molar-refractivity contribution >= 4 is 0 Å². The van der Waals surface area contributed by atoms with Crippen LogP contribution in [0.1, 0.15) is 24.4 Å². The van der Waals surface area contributed by atoms with E-state index in [9.17, 15) is 4.39 Å². The number of hydrogen-bond acceptors (Lipinski definition) is 2. The molecule has 1 aliphatic heterocycles. The zero-order valence-electron chi connectivity index (χ0n) is 10.0. The summed E-state index contributed by atoms with van der Waals surface area (Å²) in [5.74, 6) is 0.655. The highest BCUT2D eigenvalue weighted by atomic mass is 19.1. The number of hydrogen-bond donors (Lipinski definition) is 1. The van der Waals surface area contributed by atoms with Crippen LogP contribution in [0.4, 0.5) is 4.39 Å². The number of piperazine rings is 1. The Labute approximate surface area is 102 Å². The van der Waals surface area contributed by atoms with E-state index in [1.807, 2.05) is 12.1 Å². The maximum atomic E-state index is 13.0. The molecular weight excluding hydrogens is 215 g/mol. The Bertz CT molecular complexity index is 366. The number of rotatable bonds is 3. The van der Waals surface area contributed by atoms with E-state index >= 15 is 0 Å². The maximum absolute atomic E-state index is 13.0. The predicted molar refractivity (Wildman–Crippen MR) is 66.3 cm³/mol. The summed E-state index contributed by atoms with van der Waals surface area (Å²) in [5, 5.41) is 3.39. The van der Waals surface area contributed by atoms with E-state index in [2.05, 4.69) is 10.2 Å². The summed E-state index contributed by atoms with van der Waals surface area (Å²) in [4.78, 5) is 2.56. The van der Waals surface area contributed by atoms with Gasteiger partial charge < -0.3 is 5.32 Å². The average molecular weight is 234 g/mol. The Morgan fingerprint density at radius 3 is 2.35 bits per heavy atom. The third-order valence-corrected chi connectivity index (χ3v) is 3.83. The maximum Gasteiger partial charge on any atom is 0.123 e. The lowest BCUT2D eigenvalue weighted by Crippen LogP contribution is -2.45. The third-order valence-electron chi connectivity index (χ3n) is 3.83. The van der Waals surface area contributed by atoms with Crippen molar-refractivity contribution in [3.63, 3.8) is 0 Å². The monoisotopic (exact) mass is 234 g/mol. The van der Waals surface area contributed by atoms with Gasteiger partial charge in [-0.3, -0.25) is 4.90 Å². The molecule has 17 heavy (non-hydrogen) atoms. The molecule has 3 rings (SSSR count). The van der Waals surface area contributed by atoms with Gasteiger partial charge in [0.15, 0.2) is 0 Å². The molecule has 3 heteroatoms. The standard InChI is InChI=1S/C14H19FN2/c15-13-5-3-12(4-6-13)14(11-1-2-11)17-9-7-16-8-10-17/h3-6,11,14,16H,1-2,7-10H2/t14-/m0/s1. The van der Waals surface area contributed by atoms with Crippen molar-refractivity contribution in [2.45, 2.75) is 18.9 Å². The SMILES string of the molecule is Fc1ccc([C@H](C2CC2)N2CCNCC2)cc1. The Balaban J connectivity index is 1.81. The van der Waals surface area contributed by atoms with Gasteiger partial charge in [0.05, 0.1) is 0 Å². The molecule has 0 aromatic heterocycles. The zero-order chi connectivity index (χ0) is 11.7. The van der Waals surface area contributed by atoms with Gasteiger partial charge in [-0.1, -0.05) is 12.1 Å². The molecule has 0 radical (unpaired) electrons. The highest BCUT2D eigenvalue weighted by Crippen LogP contribution is 2.44. The quantitative estimate of drug-likeness (QED) is 0.862. The summed E-state index contributed by atoms with van der Waals surface area (Å²) in [6, 6.07) is 7.61. The van der Waals surface area contributed by atoms with Crippen molar-refractivity contribution in [2.24, 2.45) is 5.92 Å². The average Bonchev–Trinajstić information content (AvgIpc) is 3.18. The van der Waals surface area contributed by atoms with Gasteiger partial charge in [-0.25, -0.2) is 4.39 Å². The van der Waals surface area contributed by atoms with Gasteiger partial charge in [-0.15, -0.1) is 0 Å². The Morgan fingerprint density at radius 1 is 1.12 bits per heavy atom. The number of nitrogens with one attached hydrogen (secondary N) is 1. The van der Waals surface area contributed by atoms with Gasteiger partial charge in [0.1, 0.15) is 5.82 Å². The summed E-state index contributed by atoms with van der Waals surface area (Å²) >= 11 is 0. The molecule has 2 aliphatic rings. The van der Waals surface area contributed by atoms with Crippen LogP contribution in [0.5, 0.6) is 0 Å². The Kier molecular flexibility index (Phi) is 3.12. The summed E-state index contributed by atoms with van der Waals surface area (Å²) in [7, 11) is 0. The van der Waals surface area contributed by atoms with Gasteiger partial charge in [0, 0.05) is 32.2 Å². The molecular formula is C14H19FN2. The lowest BCUT2D eigenvalue weighted by atomic mass is 10.00. The van der Waals surface area contributed by atoms with Crippen LogP contribution in [0.25, 0.3) is 0 Å². The fourth-order valence-electron chi connectivity index (χ4n) is 2.81. The number of benzene rings is 1.